The topological polar surface area (TPSA) is 90.7 Å². The Morgan fingerprint density at radius 3 is 2.32 bits per heavy atom. The van der Waals surface area contributed by atoms with Gasteiger partial charge in [0.15, 0.2) is 0 Å². The molecule has 0 saturated heterocycles. The van der Waals surface area contributed by atoms with Gasteiger partial charge in [0.1, 0.15) is 11.9 Å². The summed E-state index contributed by atoms with van der Waals surface area (Å²) in [4.78, 5) is 23.4. The van der Waals surface area contributed by atoms with Crippen LogP contribution < -0.4 is 15.8 Å². The average molecular weight is 380 g/mol. The van der Waals surface area contributed by atoms with E-state index < -0.39 is 5.91 Å². The first-order chi connectivity index (χ1) is 13.5. The van der Waals surface area contributed by atoms with Gasteiger partial charge in [0.2, 0.25) is 0 Å². The summed E-state index contributed by atoms with van der Waals surface area (Å²) in [6.07, 6.45) is 3.22. The number of carbonyl (C=O) groups excluding carboxylic acids is 2. The summed E-state index contributed by atoms with van der Waals surface area (Å²) in [6, 6.07) is 16.8. The van der Waals surface area contributed by atoms with E-state index in [9.17, 15) is 9.59 Å². The SMILES string of the molecule is NC(=O)c1ccccc1OC1CC2(CC(OC(=O)NCc3ccccc3)C2)C1. The van der Waals surface area contributed by atoms with Crippen molar-refractivity contribution in [1.29, 1.82) is 0 Å². The van der Waals surface area contributed by atoms with E-state index in [2.05, 4.69) is 5.32 Å². The summed E-state index contributed by atoms with van der Waals surface area (Å²) in [5, 5.41) is 2.79. The van der Waals surface area contributed by atoms with Gasteiger partial charge in [-0.1, -0.05) is 42.5 Å². The molecule has 0 bridgehead atoms. The van der Waals surface area contributed by atoms with E-state index in [0.29, 0.717) is 17.9 Å². The number of hydrogen-bond acceptors (Lipinski definition) is 4. The minimum absolute atomic E-state index is 0.0328. The van der Waals surface area contributed by atoms with Crippen LogP contribution >= 0.6 is 0 Å². The van der Waals surface area contributed by atoms with Gasteiger partial charge < -0.3 is 20.5 Å². The molecule has 0 unspecified atom stereocenters. The Labute approximate surface area is 164 Å². The molecular formula is C22H24N2O4. The Kier molecular flexibility index (Phi) is 4.94. The smallest absolute Gasteiger partial charge is 0.407 e. The molecule has 2 aliphatic carbocycles. The molecule has 28 heavy (non-hydrogen) atoms. The van der Waals surface area contributed by atoms with Crippen molar-refractivity contribution < 1.29 is 19.1 Å². The Bertz CT molecular complexity index is 854. The number of nitrogens with one attached hydrogen (secondary N) is 1. The van der Waals surface area contributed by atoms with Crippen LogP contribution in [0.4, 0.5) is 4.79 Å². The fraction of sp³-hybridized carbons (Fsp3) is 0.364. The maximum atomic E-state index is 11.9. The summed E-state index contributed by atoms with van der Waals surface area (Å²) in [7, 11) is 0. The summed E-state index contributed by atoms with van der Waals surface area (Å²) in [6.45, 7) is 0.465. The fourth-order valence-corrected chi connectivity index (χ4v) is 4.23. The molecule has 2 amide bonds. The highest BCUT2D eigenvalue weighted by molar-refractivity contribution is 5.95. The number of nitrogens with two attached hydrogens (primary N) is 1. The largest absolute Gasteiger partial charge is 0.490 e. The van der Waals surface area contributed by atoms with Crippen LogP contribution in [0.15, 0.2) is 54.6 Å². The van der Waals surface area contributed by atoms with Crippen LogP contribution in [-0.4, -0.2) is 24.2 Å². The van der Waals surface area contributed by atoms with Crippen LogP contribution in [0.1, 0.15) is 41.6 Å². The predicted octanol–water partition coefficient (Wildman–Crippen LogP) is 3.40. The molecule has 2 aliphatic rings. The van der Waals surface area contributed by atoms with Gasteiger partial charge in [0, 0.05) is 6.54 Å². The zero-order valence-electron chi connectivity index (χ0n) is 15.6. The van der Waals surface area contributed by atoms with Crippen LogP contribution in [0.2, 0.25) is 0 Å². The third-order valence-electron chi connectivity index (χ3n) is 5.64. The number of rotatable bonds is 6. The van der Waals surface area contributed by atoms with Crippen molar-refractivity contribution in [2.45, 2.75) is 44.4 Å². The van der Waals surface area contributed by atoms with Crippen molar-refractivity contribution in [1.82, 2.24) is 5.32 Å². The molecule has 0 atom stereocenters. The predicted molar refractivity (Wildman–Crippen MR) is 104 cm³/mol. The molecule has 0 radical (unpaired) electrons. The molecule has 146 valence electrons. The van der Waals surface area contributed by atoms with Crippen LogP contribution in [0.25, 0.3) is 0 Å². The average Bonchev–Trinajstić information content (AvgIpc) is 2.64. The van der Waals surface area contributed by atoms with Crippen molar-refractivity contribution in [3.63, 3.8) is 0 Å². The highest BCUT2D eigenvalue weighted by Crippen LogP contribution is 2.57. The van der Waals surface area contributed by atoms with Gasteiger partial charge in [-0.05, 0) is 48.8 Å². The van der Waals surface area contributed by atoms with Crippen molar-refractivity contribution >= 4 is 12.0 Å². The molecule has 2 aromatic rings. The summed E-state index contributed by atoms with van der Waals surface area (Å²) < 4.78 is 11.4. The van der Waals surface area contributed by atoms with Crippen molar-refractivity contribution in [3.8, 4) is 5.75 Å². The maximum Gasteiger partial charge on any atom is 0.407 e. The minimum atomic E-state index is -0.483. The maximum absolute atomic E-state index is 11.9. The number of amides is 2. The lowest BCUT2D eigenvalue weighted by Crippen LogP contribution is -2.55. The highest BCUT2D eigenvalue weighted by atomic mass is 16.6. The van der Waals surface area contributed by atoms with Gasteiger partial charge >= 0.3 is 6.09 Å². The second-order valence-electron chi connectivity index (χ2n) is 7.78. The number of primary amides is 1. The van der Waals surface area contributed by atoms with Crippen LogP contribution in [0.3, 0.4) is 0 Å². The fourth-order valence-electron chi connectivity index (χ4n) is 4.23. The Hall–Kier alpha value is -3.02. The summed E-state index contributed by atoms with van der Waals surface area (Å²) >= 11 is 0. The van der Waals surface area contributed by atoms with Gasteiger partial charge in [-0.15, -0.1) is 0 Å². The second-order valence-corrected chi connectivity index (χ2v) is 7.78. The molecule has 0 heterocycles. The second kappa shape index (κ2) is 7.54. The van der Waals surface area contributed by atoms with Crippen LogP contribution in [-0.2, 0) is 11.3 Å². The van der Waals surface area contributed by atoms with Gasteiger partial charge in [0.05, 0.1) is 11.7 Å². The molecule has 6 nitrogen and oxygen atoms in total. The number of benzene rings is 2. The van der Waals surface area contributed by atoms with Crippen LogP contribution in [0, 0.1) is 5.41 Å². The first-order valence-corrected chi connectivity index (χ1v) is 9.57. The number of carbonyl (C=O) groups is 2. The number of ether oxygens (including phenoxy) is 2. The minimum Gasteiger partial charge on any atom is -0.490 e. The van der Waals surface area contributed by atoms with Gasteiger partial charge in [-0.3, -0.25) is 4.79 Å². The summed E-state index contributed by atoms with van der Waals surface area (Å²) in [5.74, 6) is 0.0607. The Morgan fingerprint density at radius 2 is 1.61 bits per heavy atom. The standard InChI is InChI=1S/C22H24N2O4/c23-20(25)18-8-4-5-9-19(18)27-16-10-22(11-16)12-17(13-22)28-21(26)24-14-15-6-2-1-3-7-15/h1-9,16-17H,10-14H2,(H2,23,25)(H,24,26). The number of alkyl carbamates (subject to hydrolysis) is 1. The third kappa shape index (κ3) is 3.96. The molecule has 0 aliphatic heterocycles. The Balaban J connectivity index is 1.18. The molecule has 3 N–H and O–H groups in total. The van der Waals surface area contributed by atoms with Gasteiger partial charge in [0.25, 0.3) is 5.91 Å². The normalized spacial score (nSPS) is 25.3. The zero-order valence-corrected chi connectivity index (χ0v) is 15.6. The third-order valence-corrected chi connectivity index (χ3v) is 5.64. The lowest BCUT2D eigenvalue weighted by Gasteiger charge is -2.56. The monoisotopic (exact) mass is 380 g/mol. The van der Waals surface area contributed by atoms with Gasteiger partial charge in [-0.25, -0.2) is 4.79 Å². The molecule has 4 rings (SSSR count). The van der Waals surface area contributed by atoms with E-state index in [1.165, 1.54) is 0 Å². The lowest BCUT2D eigenvalue weighted by atomic mass is 9.53. The number of hydrogen-bond donors (Lipinski definition) is 2. The first kappa shape index (κ1) is 18.3. The molecule has 0 aromatic heterocycles. The molecule has 2 saturated carbocycles. The first-order valence-electron chi connectivity index (χ1n) is 9.57. The van der Waals surface area contributed by atoms with Crippen LogP contribution in [0.5, 0.6) is 5.75 Å². The summed E-state index contributed by atoms with van der Waals surface area (Å²) in [5.41, 5.74) is 7.05. The van der Waals surface area contributed by atoms with E-state index >= 15 is 0 Å². The lowest BCUT2D eigenvalue weighted by molar-refractivity contribution is -0.133. The quantitative estimate of drug-likeness (QED) is 0.804. The molecular weight excluding hydrogens is 356 g/mol. The van der Waals surface area contributed by atoms with E-state index in [-0.39, 0.29) is 23.7 Å². The molecule has 1 spiro atoms. The van der Waals surface area contributed by atoms with Crippen molar-refractivity contribution in [2.24, 2.45) is 11.1 Å². The van der Waals surface area contributed by atoms with Crippen molar-refractivity contribution in [3.05, 3.63) is 65.7 Å². The molecule has 2 aromatic carbocycles. The Morgan fingerprint density at radius 1 is 0.964 bits per heavy atom. The van der Waals surface area contributed by atoms with E-state index in [0.717, 1.165) is 31.2 Å². The zero-order chi connectivity index (χ0) is 19.6. The van der Waals surface area contributed by atoms with E-state index in [1.54, 1.807) is 18.2 Å². The van der Waals surface area contributed by atoms with E-state index in [1.807, 2.05) is 36.4 Å². The number of para-hydroxylation sites is 1. The van der Waals surface area contributed by atoms with E-state index in [4.69, 9.17) is 15.2 Å². The van der Waals surface area contributed by atoms with Gasteiger partial charge in [-0.2, -0.15) is 0 Å². The molecule has 6 heteroatoms. The molecule has 2 fully saturated rings. The van der Waals surface area contributed by atoms with Crippen molar-refractivity contribution in [2.75, 3.05) is 0 Å². The highest BCUT2D eigenvalue weighted by Gasteiger charge is 2.55.